The van der Waals surface area contributed by atoms with Crippen molar-refractivity contribution in [3.63, 3.8) is 0 Å². The fourth-order valence-corrected chi connectivity index (χ4v) is 3.24. The molecule has 0 spiro atoms. The molecule has 1 heterocycles. The number of carbonyl (C=O) groups is 1. The smallest absolute Gasteiger partial charge is 0.255 e. The number of hydrogen-bond donors (Lipinski definition) is 2. The third kappa shape index (κ3) is 4.23. The number of anilines is 3. The van der Waals surface area contributed by atoms with Gasteiger partial charge in [0.2, 0.25) is 0 Å². The van der Waals surface area contributed by atoms with Gasteiger partial charge in [0.15, 0.2) is 0 Å². The highest BCUT2D eigenvalue weighted by molar-refractivity contribution is 9.10. The molecule has 4 rings (SSSR count). The Hall–Kier alpha value is -3.76. The molecule has 7 heteroatoms. The molecule has 0 unspecified atom stereocenters. The summed E-state index contributed by atoms with van der Waals surface area (Å²) in [6.07, 6.45) is 1.50. The summed E-state index contributed by atoms with van der Waals surface area (Å²) >= 11 is 3.46. The predicted octanol–water partition coefficient (Wildman–Crippen LogP) is 5.26. The molecule has 140 valence electrons. The average molecular weight is 444 g/mol. The second-order valence-corrected chi connectivity index (χ2v) is 7.15. The van der Waals surface area contributed by atoms with Crippen LogP contribution in [0.4, 0.5) is 17.2 Å². The Bertz CT molecular complexity index is 1250. The summed E-state index contributed by atoms with van der Waals surface area (Å²) in [5, 5.41) is 15.8. The van der Waals surface area contributed by atoms with Crippen LogP contribution in [0.3, 0.4) is 0 Å². The number of nitrogens with zero attached hydrogens (tertiary/aromatic N) is 3. The predicted molar refractivity (Wildman–Crippen MR) is 116 cm³/mol. The third-order valence-corrected chi connectivity index (χ3v) is 4.75. The number of carbonyl (C=O) groups excluding carboxylic acids is 1. The average Bonchev–Trinajstić information content (AvgIpc) is 2.74. The summed E-state index contributed by atoms with van der Waals surface area (Å²) in [5.74, 6) is 0.384. The Morgan fingerprint density at radius 2 is 1.79 bits per heavy atom. The van der Waals surface area contributed by atoms with Crippen molar-refractivity contribution in [3.05, 3.63) is 88.7 Å². The number of rotatable bonds is 4. The Kier molecular flexibility index (Phi) is 5.18. The van der Waals surface area contributed by atoms with Gasteiger partial charge in [0.25, 0.3) is 5.91 Å². The quantitative estimate of drug-likeness (QED) is 0.448. The van der Waals surface area contributed by atoms with Crippen LogP contribution >= 0.6 is 15.9 Å². The van der Waals surface area contributed by atoms with E-state index in [0.717, 1.165) is 21.1 Å². The topological polar surface area (TPSA) is 90.7 Å². The zero-order valence-corrected chi connectivity index (χ0v) is 16.6. The van der Waals surface area contributed by atoms with Gasteiger partial charge in [-0.15, -0.1) is 0 Å². The Balaban J connectivity index is 1.62. The fraction of sp³-hybridized carbons (Fsp3) is 0. The van der Waals surface area contributed by atoms with Crippen LogP contribution in [-0.2, 0) is 0 Å². The van der Waals surface area contributed by atoms with Gasteiger partial charge in [0, 0.05) is 26.8 Å². The number of benzene rings is 3. The van der Waals surface area contributed by atoms with E-state index >= 15 is 0 Å². The lowest BCUT2D eigenvalue weighted by Gasteiger charge is -2.11. The zero-order chi connectivity index (χ0) is 20.2. The van der Waals surface area contributed by atoms with Crippen LogP contribution in [0, 0.1) is 11.3 Å². The van der Waals surface area contributed by atoms with Crippen LogP contribution in [0.25, 0.3) is 10.9 Å². The molecule has 0 aliphatic carbocycles. The maximum atomic E-state index is 12.5. The van der Waals surface area contributed by atoms with E-state index in [-0.39, 0.29) is 5.91 Å². The minimum atomic E-state index is -0.257. The van der Waals surface area contributed by atoms with Crippen LogP contribution in [0.2, 0.25) is 0 Å². The van der Waals surface area contributed by atoms with Crippen LogP contribution < -0.4 is 10.6 Å². The van der Waals surface area contributed by atoms with E-state index in [1.165, 1.54) is 6.33 Å². The van der Waals surface area contributed by atoms with Crippen LogP contribution in [0.15, 0.2) is 77.5 Å². The van der Waals surface area contributed by atoms with Gasteiger partial charge in [-0.1, -0.05) is 22.0 Å². The lowest BCUT2D eigenvalue weighted by atomic mass is 10.1. The molecule has 4 aromatic rings. The first-order valence-electron chi connectivity index (χ1n) is 8.71. The molecule has 1 aromatic heterocycles. The minimum Gasteiger partial charge on any atom is -0.340 e. The number of fused-ring (bicyclic) bond motifs is 1. The minimum absolute atomic E-state index is 0.257. The van der Waals surface area contributed by atoms with Gasteiger partial charge in [-0.25, -0.2) is 9.97 Å². The van der Waals surface area contributed by atoms with Crippen molar-refractivity contribution in [1.29, 1.82) is 5.26 Å². The van der Waals surface area contributed by atoms with Gasteiger partial charge in [0.05, 0.1) is 17.1 Å². The third-order valence-electron chi connectivity index (χ3n) is 4.26. The number of nitrogens with one attached hydrogen (secondary N) is 2. The molecule has 0 atom stereocenters. The first-order valence-corrected chi connectivity index (χ1v) is 9.50. The fourth-order valence-electron chi connectivity index (χ4n) is 2.84. The summed E-state index contributed by atoms with van der Waals surface area (Å²) < 4.78 is 0.955. The van der Waals surface area contributed by atoms with Gasteiger partial charge in [-0.05, 0) is 60.7 Å². The van der Waals surface area contributed by atoms with Crippen molar-refractivity contribution in [3.8, 4) is 6.07 Å². The largest absolute Gasteiger partial charge is 0.340 e. The molecule has 1 amide bonds. The van der Waals surface area contributed by atoms with E-state index in [1.807, 2.05) is 42.5 Å². The zero-order valence-electron chi connectivity index (χ0n) is 15.1. The van der Waals surface area contributed by atoms with Crippen molar-refractivity contribution >= 4 is 49.9 Å². The number of aromatic nitrogens is 2. The van der Waals surface area contributed by atoms with E-state index < -0.39 is 0 Å². The highest BCUT2D eigenvalue weighted by Gasteiger charge is 2.09. The van der Waals surface area contributed by atoms with Crippen molar-refractivity contribution in [2.24, 2.45) is 0 Å². The van der Waals surface area contributed by atoms with E-state index in [2.05, 4.69) is 36.5 Å². The van der Waals surface area contributed by atoms with Crippen molar-refractivity contribution in [2.75, 3.05) is 10.6 Å². The molecule has 0 bridgehead atoms. The monoisotopic (exact) mass is 443 g/mol. The maximum Gasteiger partial charge on any atom is 0.255 e. The summed E-state index contributed by atoms with van der Waals surface area (Å²) in [6, 6.07) is 21.7. The number of nitriles is 1. The van der Waals surface area contributed by atoms with Crippen LogP contribution in [0.5, 0.6) is 0 Å². The van der Waals surface area contributed by atoms with Gasteiger partial charge in [-0.2, -0.15) is 5.26 Å². The molecule has 0 saturated carbocycles. The Morgan fingerprint density at radius 1 is 0.966 bits per heavy atom. The molecule has 2 N–H and O–H groups in total. The molecule has 0 radical (unpaired) electrons. The molecule has 0 aliphatic heterocycles. The molecule has 29 heavy (non-hydrogen) atoms. The van der Waals surface area contributed by atoms with Gasteiger partial charge in [0.1, 0.15) is 12.1 Å². The second-order valence-electron chi connectivity index (χ2n) is 6.23. The summed E-state index contributed by atoms with van der Waals surface area (Å²) in [5.41, 5.74) is 3.24. The number of hydrogen-bond acceptors (Lipinski definition) is 5. The number of amides is 1. The highest BCUT2D eigenvalue weighted by Crippen LogP contribution is 2.27. The summed E-state index contributed by atoms with van der Waals surface area (Å²) in [7, 11) is 0. The molecule has 0 aliphatic rings. The van der Waals surface area contributed by atoms with Crippen molar-refractivity contribution < 1.29 is 4.79 Å². The lowest BCUT2D eigenvalue weighted by Crippen LogP contribution is -2.11. The molecule has 0 fully saturated rings. The van der Waals surface area contributed by atoms with E-state index in [9.17, 15) is 4.79 Å². The summed E-state index contributed by atoms with van der Waals surface area (Å²) in [4.78, 5) is 21.2. The normalized spacial score (nSPS) is 10.3. The van der Waals surface area contributed by atoms with Crippen molar-refractivity contribution in [1.82, 2.24) is 9.97 Å². The Morgan fingerprint density at radius 3 is 2.55 bits per heavy atom. The molecular weight excluding hydrogens is 430 g/mol. The van der Waals surface area contributed by atoms with Crippen LogP contribution in [0.1, 0.15) is 15.9 Å². The first-order chi connectivity index (χ1) is 14.1. The maximum absolute atomic E-state index is 12.5. The lowest BCUT2D eigenvalue weighted by molar-refractivity contribution is 0.102. The van der Waals surface area contributed by atoms with Gasteiger partial charge in [-0.3, -0.25) is 4.79 Å². The molecule has 6 nitrogen and oxygen atoms in total. The number of halogens is 1. The second kappa shape index (κ2) is 8.09. The van der Waals surface area contributed by atoms with E-state index in [4.69, 9.17) is 5.26 Å². The van der Waals surface area contributed by atoms with E-state index in [0.29, 0.717) is 22.6 Å². The summed E-state index contributed by atoms with van der Waals surface area (Å²) in [6.45, 7) is 0. The van der Waals surface area contributed by atoms with Crippen molar-refractivity contribution in [2.45, 2.75) is 0 Å². The molecular formula is C22H14BrN5O. The van der Waals surface area contributed by atoms with Crippen LogP contribution in [-0.4, -0.2) is 15.9 Å². The molecule has 0 saturated heterocycles. The van der Waals surface area contributed by atoms with Gasteiger partial charge < -0.3 is 10.6 Å². The Labute approximate surface area is 175 Å². The van der Waals surface area contributed by atoms with Gasteiger partial charge >= 0.3 is 0 Å². The first kappa shape index (κ1) is 18.6. The van der Waals surface area contributed by atoms with E-state index in [1.54, 1.807) is 30.3 Å². The SMILES string of the molecule is N#Cc1ccc(C(=O)Nc2ccc3ncnc(Nc4cccc(Br)c4)c3c2)cc1. The standard InChI is InChI=1S/C22H14BrN5O/c23-16-2-1-3-17(10-16)27-21-19-11-18(8-9-20(19)25-13-26-21)28-22(29)15-6-4-14(12-24)5-7-15/h1-11,13H,(H,28,29)(H,25,26,27). The molecule has 3 aromatic carbocycles. The highest BCUT2D eigenvalue weighted by atomic mass is 79.9.